The Hall–Kier alpha value is -2.22. The highest BCUT2D eigenvalue weighted by Crippen LogP contribution is 2.17. The van der Waals surface area contributed by atoms with Gasteiger partial charge in [0.15, 0.2) is 0 Å². The van der Waals surface area contributed by atoms with E-state index in [1.165, 1.54) is 9.78 Å². The Morgan fingerprint density at radius 2 is 2.00 bits per heavy atom. The highest BCUT2D eigenvalue weighted by Gasteiger charge is 2.21. The predicted octanol–water partition coefficient (Wildman–Crippen LogP) is 3.07. The summed E-state index contributed by atoms with van der Waals surface area (Å²) in [6, 6.07) is 11.1. The first-order valence-electron chi connectivity index (χ1n) is 9.49. The van der Waals surface area contributed by atoms with Gasteiger partial charge in [-0.15, -0.1) is 11.3 Å². The van der Waals surface area contributed by atoms with Crippen molar-refractivity contribution in [2.45, 2.75) is 25.5 Å². The minimum Gasteiger partial charge on any atom is -0.377 e. The lowest BCUT2D eigenvalue weighted by molar-refractivity contribution is -0.117. The van der Waals surface area contributed by atoms with Gasteiger partial charge in [0.2, 0.25) is 5.91 Å². The van der Waals surface area contributed by atoms with Crippen molar-refractivity contribution in [3.63, 3.8) is 0 Å². The molecular weight excluding hydrogens is 374 g/mol. The molecule has 0 radical (unpaired) electrons. The second-order valence-corrected chi connectivity index (χ2v) is 8.24. The van der Waals surface area contributed by atoms with Crippen molar-refractivity contribution < 1.29 is 14.3 Å². The Labute approximate surface area is 170 Å². The molecule has 0 unspecified atom stereocenters. The number of hydrogen-bond acceptors (Lipinski definition) is 5. The first-order chi connectivity index (χ1) is 13.5. The zero-order valence-electron chi connectivity index (χ0n) is 16.4. The van der Waals surface area contributed by atoms with Gasteiger partial charge in [-0.1, -0.05) is 6.07 Å². The Morgan fingerprint density at radius 3 is 2.61 bits per heavy atom. The number of carbonyl (C=O) groups excluding carboxylic acids is 2. The highest BCUT2D eigenvalue weighted by molar-refractivity contribution is 7.09. The van der Waals surface area contributed by atoms with E-state index in [0.717, 1.165) is 32.5 Å². The predicted molar refractivity (Wildman–Crippen MR) is 112 cm³/mol. The van der Waals surface area contributed by atoms with E-state index in [1.807, 2.05) is 6.07 Å². The SMILES string of the molecule is CN(C)C(=O)c1ccc(NC(=O)CN(Cc2cccs2)C[C@@H]2CCCO2)cc1. The summed E-state index contributed by atoms with van der Waals surface area (Å²) in [7, 11) is 3.43. The molecule has 1 N–H and O–H groups in total. The number of thiophene rings is 1. The van der Waals surface area contributed by atoms with Gasteiger partial charge >= 0.3 is 0 Å². The van der Waals surface area contributed by atoms with Crippen molar-refractivity contribution in [2.75, 3.05) is 39.1 Å². The van der Waals surface area contributed by atoms with Crippen molar-refractivity contribution in [1.82, 2.24) is 9.80 Å². The molecule has 28 heavy (non-hydrogen) atoms. The number of amides is 2. The van der Waals surface area contributed by atoms with Crippen LogP contribution in [0.4, 0.5) is 5.69 Å². The van der Waals surface area contributed by atoms with Gasteiger partial charge in [0, 0.05) is 49.9 Å². The van der Waals surface area contributed by atoms with Crippen LogP contribution in [0.15, 0.2) is 41.8 Å². The molecule has 2 aromatic rings. The molecule has 6 nitrogen and oxygen atoms in total. The minimum absolute atomic E-state index is 0.0587. The van der Waals surface area contributed by atoms with E-state index >= 15 is 0 Å². The molecule has 1 atom stereocenters. The van der Waals surface area contributed by atoms with Crippen molar-refractivity contribution in [3.05, 3.63) is 52.2 Å². The Kier molecular flexibility index (Phi) is 7.19. The third-order valence-corrected chi connectivity index (χ3v) is 5.50. The molecule has 0 bridgehead atoms. The summed E-state index contributed by atoms with van der Waals surface area (Å²) >= 11 is 1.70. The molecule has 1 aliphatic rings. The lowest BCUT2D eigenvalue weighted by atomic mass is 10.2. The summed E-state index contributed by atoms with van der Waals surface area (Å²) in [5, 5.41) is 4.98. The summed E-state index contributed by atoms with van der Waals surface area (Å²) < 4.78 is 5.75. The van der Waals surface area contributed by atoms with Crippen LogP contribution in [0.25, 0.3) is 0 Å². The van der Waals surface area contributed by atoms with E-state index in [0.29, 0.717) is 17.8 Å². The van der Waals surface area contributed by atoms with Crippen molar-refractivity contribution >= 4 is 28.8 Å². The standard InChI is InChI=1S/C21H27N3O3S/c1-23(2)21(26)16-7-9-17(10-8-16)22-20(25)15-24(13-18-5-3-11-27-18)14-19-6-4-12-28-19/h4,6-10,12,18H,3,5,11,13-15H2,1-2H3,(H,22,25)/t18-/m0/s1. The number of carbonyl (C=O) groups is 2. The molecule has 3 rings (SSSR count). The monoisotopic (exact) mass is 401 g/mol. The summed E-state index contributed by atoms with van der Waals surface area (Å²) in [6.07, 6.45) is 2.33. The quantitative estimate of drug-likeness (QED) is 0.738. The van der Waals surface area contributed by atoms with Crippen molar-refractivity contribution in [2.24, 2.45) is 0 Å². The number of nitrogens with zero attached hydrogens (tertiary/aromatic N) is 2. The van der Waals surface area contributed by atoms with E-state index in [1.54, 1.807) is 49.7 Å². The molecule has 0 saturated carbocycles. The Morgan fingerprint density at radius 1 is 1.21 bits per heavy atom. The second kappa shape index (κ2) is 9.82. The maximum absolute atomic E-state index is 12.6. The van der Waals surface area contributed by atoms with Gasteiger partial charge in [-0.2, -0.15) is 0 Å². The molecule has 7 heteroatoms. The van der Waals surface area contributed by atoms with E-state index in [4.69, 9.17) is 4.74 Å². The van der Waals surface area contributed by atoms with Crippen LogP contribution < -0.4 is 5.32 Å². The zero-order valence-corrected chi connectivity index (χ0v) is 17.2. The number of benzene rings is 1. The topological polar surface area (TPSA) is 61.9 Å². The van der Waals surface area contributed by atoms with Gasteiger partial charge in [-0.3, -0.25) is 14.5 Å². The molecule has 1 aromatic carbocycles. The Bertz CT molecular complexity index is 769. The normalized spacial score (nSPS) is 16.3. The number of hydrogen-bond donors (Lipinski definition) is 1. The van der Waals surface area contributed by atoms with Crippen LogP contribution in [-0.2, 0) is 16.1 Å². The average molecular weight is 402 g/mol. The third-order valence-electron chi connectivity index (χ3n) is 4.63. The fourth-order valence-corrected chi connectivity index (χ4v) is 3.99. The van der Waals surface area contributed by atoms with Gasteiger partial charge in [0.25, 0.3) is 5.91 Å². The largest absolute Gasteiger partial charge is 0.377 e. The molecule has 2 heterocycles. The number of rotatable bonds is 8. The van der Waals surface area contributed by atoms with E-state index in [-0.39, 0.29) is 17.9 Å². The maximum Gasteiger partial charge on any atom is 0.253 e. The van der Waals surface area contributed by atoms with Crippen LogP contribution >= 0.6 is 11.3 Å². The average Bonchev–Trinajstić information content (AvgIpc) is 3.35. The fourth-order valence-electron chi connectivity index (χ4n) is 3.24. The highest BCUT2D eigenvalue weighted by atomic mass is 32.1. The van der Waals surface area contributed by atoms with Crippen LogP contribution in [0.3, 0.4) is 0 Å². The molecule has 2 amide bonds. The van der Waals surface area contributed by atoms with E-state index in [2.05, 4.69) is 21.7 Å². The smallest absolute Gasteiger partial charge is 0.253 e. The molecular formula is C21H27N3O3S. The Balaban J connectivity index is 1.58. The van der Waals surface area contributed by atoms with Gasteiger partial charge in [0.05, 0.1) is 12.6 Å². The first kappa shape index (κ1) is 20.5. The van der Waals surface area contributed by atoms with E-state index in [9.17, 15) is 9.59 Å². The number of ether oxygens (including phenoxy) is 1. The van der Waals surface area contributed by atoms with Crippen LogP contribution in [-0.4, -0.2) is 61.5 Å². The summed E-state index contributed by atoms with van der Waals surface area (Å²) in [4.78, 5) is 29.4. The van der Waals surface area contributed by atoms with Gasteiger partial charge in [0.1, 0.15) is 0 Å². The van der Waals surface area contributed by atoms with Gasteiger partial charge in [-0.25, -0.2) is 0 Å². The maximum atomic E-state index is 12.6. The lowest BCUT2D eigenvalue weighted by Crippen LogP contribution is -2.37. The van der Waals surface area contributed by atoms with Crippen molar-refractivity contribution in [3.8, 4) is 0 Å². The molecule has 150 valence electrons. The zero-order chi connectivity index (χ0) is 19.9. The van der Waals surface area contributed by atoms with Crippen LogP contribution in [0, 0.1) is 0 Å². The van der Waals surface area contributed by atoms with E-state index < -0.39 is 0 Å². The molecule has 1 saturated heterocycles. The van der Waals surface area contributed by atoms with Crippen molar-refractivity contribution in [1.29, 1.82) is 0 Å². The van der Waals surface area contributed by atoms with Crippen LogP contribution in [0.2, 0.25) is 0 Å². The molecule has 0 aliphatic carbocycles. The molecule has 0 spiro atoms. The molecule has 1 aliphatic heterocycles. The summed E-state index contributed by atoms with van der Waals surface area (Å²) in [5.41, 5.74) is 1.29. The number of nitrogens with one attached hydrogen (secondary N) is 1. The first-order valence-corrected chi connectivity index (χ1v) is 10.4. The fraction of sp³-hybridized carbons (Fsp3) is 0.429. The third kappa shape index (κ3) is 5.89. The summed E-state index contributed by atoms with van der Waals surface area (Å²) in [5.74, 6) is -0.127. The molecule has 1 fully saturated rings. The second-order valence-electron chi connectivity index (χ2n) is 7.21. The van der Waals surface area contributed by atoms with Gasteiger partial charge < -0.3 is 15.0 Å². The molecule has 1 aromatic heterocycles. The van der Waals surface area contributed by atoms with Crippen LogP contribution in [0.1, 0.15) is 28.1 Å². The summed E-state index contributed by atoms with van der Waals surface area (Å²) in [6.45, 7) is 2.60. The minimum atomic E-state index is -0.0683. The lowest BCUT2D eigenvalue weighted by Gasteiger charge is -2.24. The number of anilines is 1. The van der Waals surface area contributed by atoms with Crippen LogP contribution in [0.5, 0.6) is 0 Å². The van der Waals surface area contributed by atoms with Gasteiger partial charge in [-0.05, 0) is 48.6 Å².